The highest BCUT2D eigenvalue weighted by Gasteiger charge is 2.04. The SMILES string of the molecule is CCOC(CC)OCCC(C)C. The van der Waals surface area contributed by atoms with Crippen molar-refractivity contribution in [3.05, 3.63) is 0 Å². The summed E-state index contributed by atoms with van der Waals surface area (Å²) in [6.45, 7) is 10.0. The van der Waals surface area contributed by atoms with Gasteiger partial charge in [-0.1, -0.05) is 20.8 Å². The van der Waals surface area contributed by atoms with Crippen LogP contribution in [-0.2, 0) is 9.47 Å². The molecule has 2 nitrogen and oxygen atoms in total. The lowest BCUT2D eigenvalue weighted by atomic mass is 10.1. The summed E-state index contributed by atoms with van der Waals surface area (Å²) in [5.74, 6) is 0.712. The van der Waals surface area contributed by atoms with Crippen LogP contribution in [0.1, 0.15) is 40.5 Å². The van der Waals surface area contributed by atoms with Crippen LogP contribution in [-0.4, -0.2) is 19.5 Å². The molecule has 12 heavy (non-hydrogen) atoms. The van der Waals surface area contributed by atoms with Crippen LogP contribution in [0, 0.1) is 5.92 Å². The van der Waals surface area contributed by atoms with E-state index in [0.717, 1.165) is 26.1 Å². The van der Waals surface area contributed by atoms with Crippen molar-refractivity contribution in [3.8, 4) is 0 Å². The van der Waals surface area contributed by atoms with Gasteiger partial charge in [0.1, 0.15) is 0 Å². The molecule has 0 aromatic carbocycles. The summed E-state index contributed by atoms with van der Waals surface area (Å²) in [4.78, 5) is 0. The van der Waals surface area contributed by atoms with Gasteiger partial charge in [0, 0.05) is 13.2 Å². The lowest BCUT2D eigenvalue weighted by molar-refractivity contribution is -0.141. The Labute approximate surface area is 76.3 Å². The molecule has 0 saturated carbocycles. The lowest BCUT2D eigenvalue weighted by Gasteiger charge is -2.16. The Balaban J connectivity index is 3.31. The first-order chi connectivity index (χ1) is 5.70. The second kappa shape index (κ2) is 7.56. The van der Waals surface area contributed by atoms with Gasteiger partial charge in [-0.15, -0.1) is 0 Å². The molecule has 0 bridgehead atoms. The Hall–Kier alpha value is -0.0800. The topological polar surface area (TPSA) is 18.5 Å². The van der Waals surface area contributed by atoms with Gasteiger partial charge in [0.15, 0.2) is 6.29 Å². The largest absolute Gasteiger partial charge is 0.353 e. The molecule has 74 valence electrons. The van der Waals surface area contributed by atoms with Crippen molar-refractivity contribution >= 4 is 0 Å². The smallest absolute Gasteiger partial charge is 0.157 e. The molecule has 0 aromatic heterocycles. The predicted molar refractivity (Wildman–Crippen MR) is 51.1 cm³/mol. The molecular formula is C10H22O2. The zero-order valence-corrected chi connectivity index (χ0v) is 8.80. The Morgan fingerprint density at radius 1 is 1.08 bits per heavy atom. The second-order valence-corrected chi connectivity index (χ2v) is 3.35. The fraction of sp³-hybridized carbons (Fsp3) is 1.00. The van der Waals surface area contributed by atoms with E-state index in [4.69, 9.17) is 9.47 Å². The van der Waals surface area contributed by atoms with Crippen molar-refractivity contribution in [1.82, 2.24) is 0 Å². The van der Waals surface area contributed by atoms with E-state index in [9.17, 15) is 0 Å². The minimum absolute atomic E-state index is 0.00810. The fourth-order valence-corrected chi connectivity index (χ4v) is 0.905. The van der Waals surface area contributed by atoms with Crippen LogP contribution in [0.25, 0.3) is 0 Å². The molecule has 0 fully saturated rings. The summed E-state index contributed by atoms with van der Waals surface area (Å²) in [5, 5.41) is 0. The van der Waals surface area contributed by atoms with Crippen LogP contribution in [0.4, 0.5) is 0 Å². The van der Waals surface area contributed by atoms with Crippen molar-refractivity contribution in [1.29, 1.82) is 0 Å². The average molecular weight is 174 g/mol. The standard InChI is InChI=1S/C10H22O2/c1-5-10(11-6-2)12-8-7-9(3)4/h9-10H,5-8H2,1-4H3. The normalized spacial score (nSPS) is 13.8. The minimum Gasteiger partial charge on any atom is -0.353 e. The molecule has 0 aliphatic carbocycles. The van der Waals surface area contributed by atoms with E-state index in [-0.39, 0.29) is 6.29 Å². The molecule has 0 amide bonds. The van der Waals surface area contributed by atoms with Crippen molar-refractivity contribution in [3.63, 3.8) is 0 Å². The zero-order valence-electron chi connectivity index (χ0n) is 8.80. The van der Waals surface area contributed by atoms with Gasteiger partial charge in [-0.3, -0.25) is 0 Å². The van der Waals surface area contributed by atoms with Crippen molar-refractivity contribution < 1.29 is 9.47 Å². The number of rotatable bonds is 7. The maximum absolute atomic E-state index is 5.52. The summed E-state index contributed by atoms with van der Waals surface area (Å²) in [6, 6.07) is 0. The molecule has 0 spiro atoms. The lowest BCUT2D eigenvalue weighted by Crippen LogP contribution is -2.17. The molecule has 2 heteroatoms. The summed E-state index contributed by atoms with van der Waals surface area (Å²) in [6.07, 6.45) is 2.06. The fourth-order valence-electron chi connectivity index (χ4n) is 0.905. The van der Waals surface area contributed by atoms with Crippen LogP contribution >= 0.6 is 0 Å². The van der Waals surface area contributed by atoms with Crippen LogP contribution in [0.2, 0.25) is 0 Å². The molecule has 0 rings (SSSR count). The van der Waals surface area contributed by atoms with Crippen LogP contribution in [0.5, 0.6) is 0 Å². The van der Waals surface area contributed by atoms with E-state index in [1.807, 2.05) is 6.92 Å². The van der Waals surface area contributed by atoms with Gasteiger partial charge in [0.25, 0.3) is 0 Å². The van der Waals surface area contributed by atoms with Gasteiger partial charge in [-0.2, -0.15) is 0 Å². The number of ether oxygens (including phenoxy) is 2. The van der Waals surface area contributed by atoms with E-state index in [2.05, 4.69) is 20.8 Å². The molecule has 1 atom stereocenters. The zero-order chi connectivity index (χ0) is 9.40. The Morgan fingerprint density at radius 3 is 2.17 bits per heavy atom. The molecule has 0 aliphatic heterocycles. The maximum Gasteiger partial charge on any atom is 0.157 e. The minimum atomic E-state index is 0.00810. The molecule has 0 aromatic rings. The van der Waals surface area contributed by atoms with E-state index in [1.165, 1.54) is 0 Å². The van der Waals surface area contributed by atoms with Gasteiger partial charge in [0.05, 0.1) is 0 Å². The first-order valence-corrected chi connectivity index (χ1v) is 4.93. The molecule has 0 heterocycles. The summed E-state index contributed by atoms with van der Waals surface area (Å²) in [7, 11) is 0. The van der Waals surface area contributed by atoms with Gasteiger partial charge >= 0.3 is 0 Å². The number of hydrogen-bond acceptors (Lipinski definition) is 2. The van der Waals surface area contributed by atoms with E-state index in [1.54, 1.807) is 0 Å². The van der Waals surface area contributed by atoms with Crippen LogP contribution in [0.15, 0.2) is 0 Å². The first kappa shape index (κ1) is 11.9. The van der Waals surface area contributed by atoms with E-state index < -0.39 is 0 Å². The maximum atomic E-state index is 5.52. The molecule has 0 saturated heterocycles. The van der Waals surface area contributed by atoms with Crippen LogP contribution < -0.4 is 0 Å². The third-order valence-electron chi connectivity index (χ3n) is 1.68. The monoisotopic (exact) mass is 174 g/mol. The third-order valence-corrected chi connectivity index (χ3v) is 1.68. The highest BCUT2D eigenvalue weighted by molar-refractivity contribution is 4.45. The molecular weight excluding hydrogens is 152 g/mol. The highest BCUT2D eigenvalue weighted by atomic mass is 16.7. The molecule has 0 N–H and O–H groups in total. The Morgan fingerprint density at radius 2 is 1.75 bits per heavy atom. The first-order valence-electron chi connectivity index (χ1n) is 4.93. The average Bonchev–Trinajstić information content (AvgIpc) is 2.02. The molecule has 1 unspecified atom stereocenters. The van der Waals surface area contributed by atoms with Gasteiger partial charge < -0.3 is 9.47 Å². The quantitative estimate of drug-likeness (QED) is 0.552. The van der Waals surface area contributed by atoms with Gasteiger partial charge in [-0.25, -0.2) is 0 Å². The van der Waals surface area contributed by atoms with Crippen molar-refractivity contribution in [2.45, 2.75) is 46.8 Å². The number of hydrogen-bond donors (Lipinski definition) is 0. The van der Waals surface area contributed by atoms with Gasteiger partial charge in [-0.05, 0) is 25.7 Å². The second-order valence-electron chi connectivity index (χ2n) is 3.35. The Bertz CT molecular complexity index is 91.8. The van der Waals surface area contributed by atoms with Crippen molar-refractivity contribution in [2.24, 2.45) is 5.92 Å². The summed E-state index contributed by atoms with van der Waals surface area (Å²) in [5.41, 5.74) is 0. The van der Waals surface area contributed by atoms with Crippen molar-refractivity contribution in [2.75, 3.05) is 13.2 Å². The predicted octanol–water partition coefficient (Wildman–Crippen LogP) is 2.82. The molecule has 0 radical (unpaired) electrons. The third kappa shape index (κ3) is 6.62. The molecule has 0 aliphatic rings. The highest BCUT2D eigenvalue weighted by Crippen LogP contribution is 2.04. The summed E-state index contributed by atoms with van der Waals surface area (Å²) < 4.78 is 10.9. The van der Waals surface area contributed by atoms with E-state index >= 15 is 0 Å². The summed E-state index contributed by atoms with van der Waals surface area (Å²) >= 11 is 0. The van der Waals surface area contributed by atoms with Crippen LogP contribution in [0.3, 0.4) is 0 Å². The van der Waals surface area contributed by atoms with Gasteiger partial charge in [0.2, 0.25) is 0 Å². The van der Waals surface area contributed by atoms with E-state index in [0.29, 0.717) is 5.92 Å². The Kier molecular flexibility index (Phi) is 7.51.